The molecular formula is C16H21N3O2S. The van der Waals surface area contributed by atoms with Crippen molar-refractivity contribution in [2.24, 2.45) is 0 Å². The van der Waals surface area contributed by atoms with Gasteiger partial charge in [0.15, 0.2) is 0 Å². The summed E-state index contributed by atoms with van der Waals surface area (Å²) in [6, 6.07) is 7.76. The van der Waals surface area contributed by atoms with Gasteiger partial charge in [0.2, 0.25) is 0 Å². The van der Waals surface area contributed by atoms with E-state index >= 15 is 0 Å². The predicted octanol–water partition coefficient (Wildman–Crippen LogP) is 2.55. The molecule has 0 radical (unpaired) electrons. The molecule has 0 aliphatic rings. The van der Waals surface area contributed by atoms with E-state index in [-0.39, 0.29) is 12.0 Å². The van der Waals surface area contributed by atoms with Gasteiger partial charge in [-0.15, -0.1) is 11.3 Å². The maximum Gasteiger partial charge on any atom is 0.270 e. The van der Waals surface area contributed by atoms with Gasteiger partial charge >= 0.3 is 0 Å². The fourth-order valence-electron chi connectivity index (χ4n) is 1.85. The zero-order chi connectivity index (χ0) is 15.9. The molecule has 0 unspecified atom stereocenters. The quantitative estimate of drug-likeness (QED) is 0.770. The van der Waals surface area contributed by atoms with Crippen LogP contribution in [-0.4, -0.2) is 37.1 Å². The Morgan fingerprint density at radius 1 is 1.27 bits per heavy atom. The van der Waals surface area contributed by atoms with E-state index in [1.54, 1.807) is 5.38 Å². The first-order valence-corrected chi connectivity index (χ1v) is 8.13. The van der Waals surface area contributed by atoms with Crippen molar-refractivity contribution >= 4 is 17.2 Å². The van der Waals surface area contributed by atoms with Crippen LogP contribution in [-0.2, 0) is 0 Å². The number of nitrogens with zero attached hydrogens (tertiary/aromatic N) is 1. The van der Waals surface area contributed by atoms with Crippen LogP contribution in [0.1, 0.15) is 24.3 Å². The van der Waals surface area contributed by atoms with E-state index in [0.717, 1.165) is 22.9 Å². The summed E-state index contributed by atoms with van der Waals surface area (Å²) in [7, 11) is 1.85. The largest absolute Gasteiger partial charge is 0.491 e. The minimum absolute atomic E-state index is 0.141. The third-order valence-electron chi connectivity index (χ3n) is 2.87. The van der Waals surface area contributed by atoms with Gasteiger partial charge < -0.3 is 15.4 Å². The Hall–Kier alpha value is -1.92. The van der Waals surface area contributed by atoms with Crippen molar-refractivity contribution in [2.75, 3.05) is 20.1 Å². The van der Waals surface area contributed by atoms with Crippen molar-refractivity contribution in [1.29, 1.82) is 0 Å². The highest BCUT2D eigenvalue weighted by atomic mass is 32.1. The lowest BCUT2D eigenvalue weighted by molar-refractivity contribution is 0.0950. The first kappa shape index (κ1) is 16.5. The van der Waals surface area contributed by atoms with Crippen molar-refractivity contribution in [3.8, 4) is 16.3 Å². The molecule has 1 aromatic heterocycles. The predicted molar refractivity (Wildman–Crippen MR) is 89.6 cm³/mol. The van der Waals surface area contributed by atoms with Gasteiger partial charge in [0.1, 0.15) is 16.5 Å². The maximum absolute atomic E-state index is 11.9. The summed E-state index contributed by atoms with van der Waals surface area (Å²) in [6.07, 6.45) is 0.152. The van der Waals surface area contributed by atoms with Crippen LogP contribution in [0.4, 0.5) is 0 Å². The highest BCUT2D eigenvalue weighted by Crippen LogP contribution is 2.26. The molecule has 2 aromatic rings. The average molecular weight is 319 g/mol. The van der Waals surface area contributed by atoms with E-state index in [4.69, 9.17) is 4.74 Å². The second-order valence-corrected chi connectivity index (χ2v) is 5.95. The number of benzene rings is 1. The number of amides is 1. The highest BCUT2D eigenvalue weighted by Gasteiger charge is 2.11. The lowest BCUT2D eigenvalue weighted by Crippen LogP contribution is -2.30. The van der Waals surface area contributed by atoms with E-state index in [1.807, 2.05) is 45.2 Å². The van der Waals surface area contributed by atoms with Gasteiger partial charge in [0.05, 0.1) is 6.10 Å². The van der Waals surface area contributed by atoms with Crippen LogP contribution in [0.5, 0.6) is 5.75 Å². The molecule has 22 heavy (non-hydrogen) atoms. The average Bonchev–Trinajstić information content (AvgIpc) is 2.97. The summed E-state index contributed by atoms with van der Waals surface area (Å²) in [5.41, 5.74) is 1.44. The van der Waals surface area contributed by atoms with Crippen molar-refractivity contribution in [3.05, 3.63) is 35.3 Å². The second kappa shape index (κ2) is 7.91. The van der Waals surface area contributed by atoms with E-state index < -0.39 is 0 Å². The van der Waals surface area contributed by atoms with Gasteiger partial charge in [-0.3, -0.25) is 4.79 Å². The Bertz CT molecular complexity index is 608. The summed E-state index contributed by atoms with van der Waals surface area (Å²) in [6.45, 7) is 5.31. The van der Waals surface area contributed by atoms with Crippen LogP contribution < -0.4 is 15.4 Å². The Labute approximate surface area is 134 Å². The minimum atomic E-state index is -0.141. The topological polar surface area (TPSA) is 63.2 Å². The number of hydrogen-bond acceptors (Lipinski definition) is 5. The van der Waals surface area contributed by atoms with E-state index in [2.05, 4.69) is 15.6 Å². The Kier molecular flexibility index (Phi) is 5.91. The third kappa shape index (κ3) is 4.54. The Morgan fingerprint density at radius 3 is 2.64 bits per heavy atom. The standard InChI is InChI=1S/C16H21N3O2S/c1-11(2)21-13-6-4-12(5-7-13)16-19-14(10-22-16)15(20)18-9-8-17-3/h4-7,10-11,17H,8-9H2,1-3H3,(H,18,20). The molecule has 0 saturated heterocycles. The van der Waals surface area contributed by atoms with Gasteiger partial charge in [0.25, 0.3) is 5.91 Å². The maximum atomic E-state index is 11.9. The van der Waals surface area contributed by atoms with Crippen molar-refractivity contribution in [2.45, 2.75) is 20.0 Å². The lowest BCUT2D eigenvalue weighted by atomic mass is 10.2. The number of nitrogens with one attached hydrogen (secondary N) is 2. The SMILES string of the molecule is CNCCNC(=O)c1csc(-c2ccc(OC(C)C)cc2)n1. The zero-order valence-electron chi connectivity index (χ0n) is 13.1. The summed E-state index contributed by atoms with van der Waals surface area (Å²) in [5, 5.41) is 8.41. The van der Waals surface area contributed by atoms with E-state index in [0.29, 0.717) is 12.2 Å². The number of carbonyl (C=O) groups is 1. The van der Waals surface area contributed by atoms with Crippen molar-refractivity contribution < 1.29 is 9.53 Å². The number of likely N-dealkylation sites (N-methyl/N-ethyl adjacent to an activating group) is 1. The summed E-state index contributed by atoms with van der Waals surface area (Å²) in [5.74, 6) is 0.692. The molecule has 0 bridgehead atoms. The van der Waals surface area contributed by atoms with Crippen molar-refractivity contribution in [3.63, 3.8) is 0 Å². The number of ether oxygens (including phenoxy) is 1. The Morgan fingerprint density at radius 2 is 2.00 bits per heavy atom. The van der Waals surface area contributed by atoms with E-state index in [1.165, 1.54) is 11.3 Å². The molecule has 0 aliphatic carbocycles. The van der Waals surface area contributed by atoms with Gasteiger partial charge in [0, 0.05) is 24.0 Å². The molecule has 0 spiro atoms. The summed E-state index contributed by atoms with van der Waals surface area (Å²) < 4.78 is 5.62. The normalized spacial score (nSPS) is 10.7. The zero-order valence-corrected chi connectivity index (χ0v) is 13.9. The van der Waals surface area contributed by atoms with Crippen LogP contribution in [0, 0.1) is 0 Å². The molecule has 1 amide bonds. The number of rotatable bonds is 7. The monoisotopic (exact) mass is 319 g/mol. The molecular weight excluding hydrogens is 298 g/mol. The molecule has 2 N–H and O–H groups in total. The number of aromatic nitrogens is 1. The van der Waals surface area contributed by atoms with Gasteiger partial charge in [-0.1, -0.05) is 0 Å². The van der Waals surface area contributed by atoms with Gasteiger partial charge in [-0.25, -0.2) is 4.98 Å². The number of hydrogen-bond donors (Lipinski definition) is 2. The van der Waals surface area contributed by atoms with Crippen LogP contribution in [0.2, 0.25) is 0 Å². The summed E-state index contributed by atoms with van der Waals surface area (Å²) in [4.78, 5) is 16.3. The summed E-state index contributed by atoms with van der Waals surface area (Å²) >= 11 is 1.46. The molecule has 118 valence electrons. The van der Waals surface area contributed by atoms with Crippen LogP contribution in [0.15, 0.2) is 29.6 Å². The number of thiazole rings is 1. The molecule has 1 heterocycles. The molecule has 0 saturated carbocycles. The Balaban J connectivity index is 2.03. The van der Waals surface area contributed by atoms with Crippen LogP contribution in [0.25, 0.3) is 10.6 Å². The third-order valence-corrected chi connectivity index (χ3v) is 3.76. The molecule has 2 rings (SSSR count). The van der Waals surface area contributed by atoms with Crippen molar-refractivity contribution in [1.82, 2.24) is 15.6 Å². The van der Waals surface area contributed by atoms with Crippen LogP contribution in [0.3, 0.4) is 0 Å². The minimum Gasteiger partial charge on any atom is -0.491 e. The molecule has 6 heteroatoms. The van der Waals surface area contributed by atoms with Gasteiger partial charge in [-0.05, 0) is 45.2 Å². The second-order valence-electron chi connectivity index (χ2n) is 5.09. The molecule has 0 atom stereocenters. The fourth-order valence-corrected chi connectivity index (χ4v) is 2.66. The van der Waals surface area contributed by atoms with Gasteiger partial charge in [-0.2, -0.15) is 0 Å². The highest BCUT2D eigenvalue weighted by molar-refractivity contribution is 7.13. The fraction of sp³-hybridized carbons (Fsp3) is 0.375. The molecule has 5 nitrogen and oxygen atoms in total. The lowest BCUT2D eigenvalue weighted by Gasteiger charge is -2.09. The first-order chi connectivity index (χ1) is 10.6. The first-order valence-electron chi connectivity index (χ1n) is 7.25. The molecule has 0 fully saturated rings. The molecule has 0 aliphatic heterocycles. The number of carbonyl (C=O) groups excluding carboxylic acids is 1. The smallest absolute Gasteiger partial charge is 0.270 e. The molecule has 1 aromatic carbocycles. The van der Waals surface area contributed by atoms with E-state index in [9.17, 15) is 4.79 Å². The van der Waals surface area contributed by atoms with Crippen LogP contribution >= 0.6 is 11.3 Å².